The van der Waals surface area contributed by atoms with Crippen molar-refractivity contribution in [3.05, 3.63) is 17.2 Å². The van der Waals surface area contributed by atoms with Crippen LogP contribution in [0.25, 0.3) is 11.0 Å². The molecule has 6 heteroatoms. The first-order chi connectivity index (χ1) is 5.68. The van der Waals surface area contributed by atoms with Crippen molar-refractivity contribution in [1.29, 1.82) is 0 Å². The summed E-state index contributed by atoms with van der Waals surface area (Å²) in [5.74, 6) is -0.172. The fraction of sp³-hybridized carbons (Fsp3) is 0. The van der Waals surface area contributed by atoms with E-state index in [1.807, 2.05) is 0 Å². The maximum absolute atomic E-state index is 9.31. The summed E-state index contributed by atoms with van der Waals surface area (Å²) in [6.07, 6.45) is 0. The Morgan fingerprint density at radius 3 is 2.83 bits per heavy atom. The number of benzene rings is 1. The van der Waals surface area contributed by atoms with Crippen LogP contribution in [0.3, 0.4) is 0 Å². The highest BCUT2D eigenvalue weighted by Gasteiger charge is 2.09. The van der Waals surface area contributed by atoms with Gasteiger partial charge in [0.2, 0.25) is 0 Å². The van der Waals surface area contributed by atoms with Gasteiger partial charge in [0.25, 0.3) is 0 Å². The van der Waals surface area contributed by atoms with E-state index in [1.54, 1.807) is 6.07 Å². The van der Waals surface area contributed by atoms with Crippen molar-refractivity contribution >= 4 is 22.6 Å². The van der Waals surface area contributed by atoms with Gasteiger partial charge in [-0.15, -0.1) is 10.2 Å². The van der Waals surface area contributed by atoms with E-state index in [4.69, 9.17) is 16.8 Å². The Balaban J connectivity index is 2.89. The number of phenols is 1. The lowest BCUT2D eigenvalue weighted by molar-refractivity contribution is 0.113. The van der Waals surface area contributed by atoms with Crippen LogP contribution in [-0.2, 0) is 0 Å². The molecule has 2 N–H and O–H groups in total. The zero-order chi connectivity index (χ0) is 8.72. The van der Waals surface area contributed by atoms with E-state index in [9.17, 15) is 5.11 Å². The summed E-state index contributed by atoms with van der Waals surface area (Å²) in [5, 5.41) is 25.4. The van der Waals surface area contributed by atoms with Gasteiger partial charge in [-0.1, -0.05) is 11.6 Å². The van der Waals surface area contributed by atoms with Crippen molar-refractivity contribution in [2.75, 3.05) is 0 Å². The predicted molar refractivity (Wildman–Crippen MR) is 41.4 cm³/mol. The number of aromatic hydroxyl groups is 1. The first-order valence-electron chi connectivity index (χ1n) is 3.12. The van der Waals surface area contributed by atoms with Crippen molar-refractivity contribution in [3.63, 3.8) is 0 Å². The van der Waals surface area contributed by atoms with Crippen LogP contribution in [-0.4, -0.2) is 25.5 Å². The van der Waals surface area contributed by atoms with Crippen LogP contribution in [0, 0.1) is 0 Å². The van der Waals surface area contributed by atoms with Gasteiger partial charge in [-0.2, -0.15) is 0 Å². The molecule has 0 fully saturated rings. The molecule has 62 valence electrons. The highest BCUT2D eigenvalue weighted by atomic mass is 35.5. The molecule has 0 aliphatic heterocycles. The van der Waals surface area contributed by atoms with Crippen molar-refractivity contribution in [2.24, 2.45) is 0 Å². The predicted octanol–water partition coefficient (Wildman–Crippen LogP) is 1.03. The monoisotopic (exact) mass is 185 g/mol. The molecule has 0 saturated carbocycles. The highest BCUT2D eigenvalue weighted by Crippen LogP contribution is 2.29. The summed E-state index contributed by atoms with van der Waals surface area (Å²) >= 11 is 5.59. The summed E-state index contributed by atoms with van der Waals surface area (Å²) in [7, 11) is 0. The second kappa shape index (κ2) is 2.25. The summed E-state index contributed by atoms with van der Waals surface area (Å²) in [5.41, 5.74) is 0.574. The van der Waals surface area contributed by atoms with Gasteiger partial charge in [0.1, 0.15) is 5.52 Å². The number of halogens is 1. The van der Waals surface area contributed by atoms with Crippen molar-refractivity contribution < 1.29 is 10.3 Å². The smallest absolute Gasteiger partial charge is 0.164 e. The Morgan fingerprint density at radius 1 is 1.33 bits per heavy atom. The number of nitrogens with zero attached hydrogens (tertiary/aromatic N) is 3. The zero-order valence-electron chi connectivity index (χ0n) is 5.77. The molecule has 0 aliphatic carbocycles. The Labute approximate surface area is 71.8 Å². The quantitative estimate of drug-likeness (QED) is 0.602. The summed E-state index contributed by atoms with van der Waals surface area (Å²) in [4.78, 5) is 0.390. The van der Waals surface area contributed by atoms with Crippen molar-refractivity contribution in [3.8, 4) is 5.75 Å². The largest absolute Gasteiger partial charge is 0.504 e. The van der Waals surface area contributed by atoms with Crippen molar-refractivity contribution in [1.82, 2.24) is 15.2 Å². The molecule has 0 spiro atoms. The number of fused-ring (bicyclic) bond motifs is 1. The van der Waals surface area contributed by atoms with E-state index < -0.39 is 0 Å². The first kappa shape index (κ1) is 7.17. The summed E-state index contributed by atoms with van der Waals surface area (Å²) < 4.78 is 0. The third-order valence-electron chi connectivity index (χ3n) is 1.47. The molecular formula is C6H4ClN3O2. The van der Waals surface area contributed by atoms with Gasteiger partial charge in [0, 0.05) is 0 Å². The summed E-state index contributed by atoms with van der Waals surface area (Å²) in [6.45, 7) is 0. The normalized spacial score (nSPS) is 10.8. The molecule has 0 bridgehead atoms. The molecule has 0 radical (unpaired) electrons. The molecule has 2 aromatic rings. The summed E-state index contributed by atoms with van der Waals surface area (Å²) in [6, 6.07) is 3.03. The highest BCUT2D eigenvalue weighted by molar-refractivity contribution is 6.33. The second-order valence-corrected chi connectivity index (χ2v) is 2.64. The van der Waals surface area contributed by atoms with Gasteiger partial charge in [-0.25, -0.2) is 0 Å². The molecule has 1 aromatic heterocycles. The van der Waals surface area contributed by atoms with Gasteiger partial charge in [-0.3, -0.25) is 0 Å². The minimum absolute atomic E-state index is 0.172. The van der Waals surface area contributed by atoms with Crippen LogP contribution >= 0.6 is 11.6 Å². The van der Waals surface area contributed by atoms with E-state index in [2.05, 4.69) is 10.2 Å². The lowest BCUT2D eigenvalue weighted by Gasteiger charge is -1.92. The third-order valence-corrected chi connectivity index (χ3v) is 1.77. The third kappa shape index (κ3) is 0.868. The van der Waals surface area contributed by atoms with E-state index >= 15 is 0 Å². The van der Waals surface area contributed by atoms with E-state index in [-0.39, 0.29) is 16.3 Å². The molecule has 0 saturated heterocycles. The fourth-order valence-corrected chi connectivity index (χ4v) is 1.08. The second-order valence-electron chi connectivity index (χ2n) is 2.23. The van der Waals surface area contributed by atoms with E-state index in [0.29, 0.717) is 10.5 Å². The maximum atomic E-state index is 9.31. The van der Waals surface area contributed by atoms with Gasteiger partial charge in [0.05, 0.1) is 5.02 Å². The molecular weight excluding hydrogens is 182 g/mol. The van der Waals surface area contributed by atoms with Gasteiger partial charge < -0.3 is 10.3 Å². The van der Waals surface area contributed by atoms with Crippen LogP contribution < -0.4 is 0 Å². The number of phenolic OH excluding ortho intramolecular Hbond substituents is 1. The topological polar surface area (TPSA) is 71.2 Å². The number of hydrogen-bond acceptors (Lipinski definition) is 4. The minimum atomic E-state index is -0.172. The van der Waals surface area contributed by atoms with Crippen LogP contribution in [0.2, 0.25) is 5.02 Å². The van der Waals surface area contributed by atoms with Gasteiger partial charge in [0.15, 0.2) is 11.3 Å². The van der Waals surface area contributed by atoms with Crippen LogP contribution in [0.5, 0.6) is 5.75 Å². The van der Waals surface area contributed by atoms with Crippen molar-refractivity contribution in [2.45, 2.75) is 0 Å². The zero-order valence-corrected chi connectivity index (χ0v) is 6.52. The molecule has 2 rings (SSSR count). The molecule has 0 amide bonds. The number of aromatic nitrogens is 3. The molecule has 5 nitrogen and oxygen atoms in total. The maximum Gasteiger partial charge on any atom is 0.164 e. The Morgan fingerprint density at radius 2 is 2.08 bits per heavy atom. The Bertz CT molecular complexity index is 440. The Kier molecular flexibility index (Phi) is 1.34. The average Bonchev–Trinajstić information content (AvgIpc) is 2.39. The van der Waals surface area contributed by atoms with Crippen LogP contribution in [0.4, 0.5) is 0 Å². The van der Waals surface area contributed by atoms with Gasteiger partial charge >= 0.3 is 0 Å². The molecule has 0 aliphatic rings. The van der Waals surface area contributed by atoms with Crippen LogP contribution in [0.1, 0.15) is 0 Å². The van der Waals surface area contributed by atoms with Gasteiger partial charge in [-0.05, 0) is 17.1 Å². The molecule has 12 heavy (non-hydrogen) atoms. The Hall–Kier alpha value is -1.49. The van der Waals surface area contributed by atoms with E-state index in [0.717, 1.165) is 0 Å². The SMILES string of the molecule is Oc1c(Cl)ccc2nn(O)nc12. The number of hydrogen-bond donors (Lipinski definition) is 2. The number of rotatable bonds is 0. The van der Waals surface area contributed by atoms with Crippen LogP contribution in [0.15, 0.2) is 12.1 Å². The molecule has 0 unspecified atom stereocenters. The lowest BCUT2D eigenvalue weighted by Crippen LogP contribution is -1.92. The standard InChI is InChI=1S/C6H4ClN3O2/c7-3-1-2-4-5(6(3)11)9-10(12)8-4/h1-2,11-12H. The molecule has 1 aromatic carbocycles. The molecule has 0 atom stereocenters. The molecule has 1 heterocycles. The fourth-order valence-electron chi connectivity index (χ4n) is 0.932. The first-order valence-corrected chi connectivity index (χ1v) is 3.50. The average molecular weight is 186 g/mol. The van der Waals surface area contributed by atoms with E-state index in [1.165, 1.54) is 6.07 Å². The minimum Gasteiger partial charge on any atom is -0.504 e. The lowest BCUT2D eigenvalue weighted by atomic mass is 10.3.